The van der Waals surface area contributed by atoms with Crippen LogP contribution in [0.3, 0.4) is 0 Å². The van der Waals surface area contributed by atoms with Crippen LogP contribution >= 0.6 is 24.0 Å². The van der Waals surface area contributed by atoms with Crippen LogP contribution in [0.2, 0.25) is 5.02 Å². The van der Waals surface area contributed by atoms with Crippen molar-refractivity contribution in [2.24, 2.45) is 5.92 Å². The zero-order chi connectivity index (χ0) is 13.4. The molecule has 0 aliphatic carbocycles. The molecule has 6 heteroatoms. The molecule has 1 N–H and O–H groups in total. The first-order chi connectivity index (χ1) is 9.15. The van der Waals surface area contributed by atoms with Crippen LogP contribution in [0.15, 0.2) is 18.2 Å². The van der Waals surface area contributed by atoms with E-state index in [0.717, 1.165) is 32.5 Å². The molecule has 2 fully saturated rings. The van der Waals surface area contributed by atoms with Crippen molar-refractivity contribution in [2.75, 3.05) is 19.6 Å². The molecule has 3 rings (SSSR count). The predicted molar refractivity (Wildman–Crippen MR) is 79.1 cm³/mol. The summed E-state index contributed by atoms with van der Waals surface area (Å²) in [7, 11) is 0. The highest BCUT2D eigenvalue weighted by Crippen LogP contribution is 2.26. The molecule has 2 aliphatic rings. The number of fused-ring (bicyclic) bond motifs is 1. The van der Waals surface area contributed by atoms with E-state index in [0.29, 0.717) is 17.5 Å². The Morgan fingerprint density at radius 3 is 2.95 bits per heavy atom. The first-order valence-corrected chi connectivity index (χ1v) is 7.00. The molecule has 1 aromatic rings. The Hall–Kier alpha value is -0.840. The monoisotopic (exact) mass is 318 g/mol. The number of hydrogen-bond donors (Lipinski definition) is 1. The number of likely N-dealkylation sites (tertiary alicyclic amines) is 1. The summed E-state index contributed by atoms with van der Waals surface area (Å²) in [5, 5.41) is 3.47. The molecule has 0 radical (unpaired) electrons. The van der Waals surface area contributed by atoms with E-state index in [1.165, 1.54) is 18.2 Å². The van der Waals surface area contributed by atoms with Gasteiger partial charge in [0.1, 0.15) is 5.82 Å². The third kappa shape index (κ3) is 2.92. The van der Waals surface area contributed by atoms with Gasteiger partial charge in [0, 0.05) is 24.7 Å². The van der Waals surface area contributed by atoms with Gasteiger partial charge < -0.3 is 10.2 Å². The van der Waals surface area contributed by atoms with Crippen molar-refractivity contribution >= 4 is 29.9 Å². The lowest BCUT2D eigenvalue weighted by Gasteiger charge is -2.35. The summed E-state index contributed by atoms with van der Waals surface area (Å²) >= 11 is 5.73. The van der Waals surface area contributed by atoms with Crippen LogP contribution in [0, 0.1) is 11.7 Å². The summed E-state index contributed by atoms with van der Waals surface area (Å²) in [5.74, 6) is 0.0118. The van der Waals surface area contributed by atoms with Gasteiger partial charge in [0.15, 0.2) is 0 Å². The Bertz CT molecular complexity index is 512. The first-order valence-electron chi connectivity index (χ1n) is 6.63. The number of carbonyl (C=O) groups is 1. The molecule has 0 spiro atoms. The highest BCUT2D eigenvalue weighted by Gasteiger charge is 2.34. The van der Waals surface area contributed by atoms with Crippen molar-refractivity contribution in [2.45, 2.75) is 18.9 Å². The number of nitrogens with zero attached hydrogens (tertiary/aromatic N) is 1. The molecule has 2 unspecified atom stereocenters. The van der Waals surface area contributed by atoms with Crippen molar-refractivity contribution in [3.05, 3.63) is 34.6 Å². The number of nitrogens with one attached hydrogen (secondary N) is 1. The topological polar surface area (TPSA) is 32.3 Å². The lowest BCUT2D eigenvalue weighted by atomic mass is 9.93. The Morgan fingerprint density at radius 1 is 1.40 bits per heavy atom. The molecule has 0 saturated carbocycles. The van der Waals surface area contributed by atoms with E-state index in [9.17, 15) is 9.18 Å². The molecule has 0 bridgehead atoms. The fourth-order valence-electron chi connectivity index (χ4n) is 3.04. The molecule has 110 valence electrons. The fourth-order valence-corrected chi connectivity index (χ4v) is 3.22. The van der Waals surface area contributed by atoms with Crippen LogP contribution < -0.4 is 5.32 Å². The summed E-state index contributed by atoms with van der Waals surface area (Å²) in [4.78, 5) is 14.2. The maximum atomic E-state index is 13.1. The van der Waals surface area contributed by atoms with Crippen molar-refractivity contribution in [3.8, 4) is 0 Å². The Labute approximate surface area is 128 Å². The zero-order valence-electron chi connectivity index (χ0n) is 10.9. The van der Waals surface area contributed by atoms with E-state index in [-0.39, 0.29) is 23.3 Å². The van der Waals surface area contributed by atoms with Gasteiger partial charge in [-0.25, -0.2) is 4.39 Å². The van der Waals surface area contributed by atoms with Gasteiger partial charge in [-0.05, 0) is 43.5 Å². The molecule has 2 atom stereocenters. The predicted octanol–water partition coefficient (Wildman–Crippen LogP) is 2.72. The molecule has 1 aromatic carbocycles. The minimum Gasteiger partial charge on any atom is -0.338 e. The standard InChI is InChI=1S/C14H16ClFN2O.ClH/c15-11-7-9(1-2-12(11)16)14(19)18-6-4-13-10(8-18)3-5-17-13;/h1-2,7,10,13,17H,3-6,8H2;1H. The van der Waals surface area contributed by atoms with Crippen LogP contribution in [0.25, 0.3) is 0 Å². The number of amides is 1. The molecule has 1 amide bonds. The third-order valence-electron chi connectivity index (χ3n) is 4.11. The van der Waals surface area contributed by atoms with Gasteiger partial charge in [0.25, 0.3) is 5.91 Å². The average Bonchev–Trinajstić information content (AvgIpc) is 2.88. The van der Waals surface area contributed by atoms with Gasteiger partial charge in [-0.15, -0.1) is 12.4 Å². The zero-order valence-corrected chi connectivity index (χ0v) is 12.5. The van der Waals surface area contributed by atoms with E-state index in [4.69, 9.17) is 11.6 Å². The molecular formula is C14H17Cl2FN2O. The number of rotatable bonds is 1. The first kappa shape index (κ1) is 15.5. The Balaban J connectivity index is 0.00000147. The molecule has 0 aromatic heterocycles. The normalized spacial score (nSPS) is 25.0. The van der Waals surface area contributed by atoms with E-state index in [1.54, 1.807) is 0 Å². The van der Waals surface area contributed by atoms with E-state index >= 15 is 0 Å². The van der Waals surface area contributed by atoms with Crippen molar-refractivity contribution in [1.29, 1.82) is 0 Å². The van der Waals surface area contributed by atoms with E-state index < -0.39 is 5.82 Å². The Kier molecular flexibility index (Phi) is 4.89. The maximum absolute atomic E-state index is 13.1. The largest absolute Gasteiger partial charge is 0.338 e. The molecule has 2 aliphatic heterocycles. The van der Waals surface area contributed by atoms with Crippen molar-refractivity contribution in [1.82, 2.24) is 10.2 Å². The Morgan fingerprint density at radius 2 is 2.20 bits per heavy atom. The molecule has 2 heterocycles. The van der Waals surface area contributed by atoms with Crippen LogP contribution in [0.4, 0.5) is 4.39 Å². The SMILES string of the molecule is Cl.O=C(c1ccc(F)c(Cl)c1)N1CCC2NCCC2C1. The van der Waals surface area contributed by atoms with Gasteiger partial charge in [-0.1, -0.05) is 11.6 Å². The van der Waals surface area contributed by atoms with Crippen LogP contribution in [-0.4, -0.2) is 36.5 Å². The number of hydrogen-bond acceptors (Lipinski definition) is 2. The number of piperidine rings is 1. The lowest BCUT2D eigenvalue weighted by molar-refractivity contribution is 0.0662. The van der Waals surface area contributed by atoms with Crippen molar-refractivity contribution in [3.63, 3.8) is 0 Å². The fraction of sp³-hybridized carbons (Fsp3) is 0.500. The highest BCUT2D eigenvalue weighted by molar-refractivity contribution is 6.31. The van der Waals surface area contributed by atoms with Gasteiger partial charge in [-0.2, -0.15) is 0 Å². The average molecular weight is 319 g/mol. The number of benzene rings is 1. The van der Waals surface area contributed by atoms with Crippen LogP contribution in [0.5, 0.6) is 0 Å². The number of carbonyl (C=O) groups excluding carboxylic acids is 1. The quantitative estimate of drug-likeness (QED) is 0.863. The minimum atomic E-state index is -0.489. The van der Waals surface area contributed by atoms with Gasteiger partial charge in [-0.3, -0.25) is 4.79 Å². The molecular weight excluding hydrogens is 302 g/mol. The summed E-state index contributed by atoms with van der Waals surface area (Å²) in [5.41, 5.74) is 0.468. The van der Waals surface area contributed by atoms with Gasteiger partial charge >= 0.3 is 0 Å². The second-order valence-electron chi connectivity index (χ2n) is 5.28. The summed E-state index contributed by atoms with van der Waals surface area (Å²) in [6.45, 7) is 2.58. The van der Waals surface area contributed by atoms with Crippen molar-refractivity contribution < 1.29 is 9.18 Å². The third-order valence-corrected chi connectivity index (χ3v) is 4.40. The van der Waals surface area contributed by atoms with E-state index in [2.05, 4.69) is 5.32 Å². The molecule has 20 heavy (non-hydrogen) atoms. The summed E-state index contributed by atoms with van der Waals surface area (Å²) in [6.07, 6.45) is 2.12. The second-order valence-corrected chi connectivity index (χ2v) is 5.69. The lowest BCUT2D eigenvalue weighted by Crippen LogP contribution is -2.46. The summed E-state index contributed by atoms with van der Waals surface area (Å²) < 4.78 is 13.1. The summed E-state index contributed by atoms with van der Waals surface area (Å²) in [6, 6.07) is 4.72. The smallest absolute Gasteiger partial charge is 0.253 e. The molecule has 3 nitrogen and oxygen atoms in total. The second kappa shape index (κ2) is 6.29. The number of halogens is 3. The maximum Gasteiger partial charge on any atom is 0.253 e. The van der Waals surface area contributed by atoms with E-state index in [1.807, 2.05) is 4.90 Å². The van der Waals surface area contributed by atoms with Crippen LogP contribution in [0.1, 0.15) is 23.2 Å². The van der Waals surface area contributed by atoms with Gasteiger partial charge in [0.2, 0.25) is 0 Å². The minimum absolute atomic E-state index is 0. The highest BCUT2D eigenvalue weighted by atomic mass is 35.5. The van der Waals surface area contributed by atoms with Crippen LogP contribution in [-0.2, 0) is 0 Å². The molecule has 2 saturated heterocycles. The van der Waals surface area contributed by atoms with Gasteiger partial charge in [0.05, 0.1) is 5.02 Å².